The molecule has 0 aliphatic carbocycles. The fraction of sp³-hybridized carbons (Fsp3) is 0.857. The summed E-state index contributed by atoms with van der Waals surface area (Å²) in [5.74, 6) is -3.31. The summed E-state index contributed by atoms with van der Waals surface area (Å²) in [5, 5.41) is 19.4. The Morgan fingerprint density at radius 1 is 1.05 bits per heavy atom. The molecule has 0 bridgehead atoms. The van der Waals surface area contributed by atoms with Gasteiger partial charge in [0.1, 0.15) is 6.10 Å². The maximum Gasteiger partial charge on any atom is 0.481 e. The van der Waals surface area contributed by atoms with Crippen molar-refractivity contribution >= 4 is 29.3 Å². The molecule has 6 atom stereocenters. The van der Waals surface area contributed by atoms with Crippen LogP contribution in [0.1, 0.15) is 6.92 Å². The molecule has 0 saturated carbocycles. The third-order valence-electron chi connectivity index (χ3n) is 2.72. The highest BCUT2D eigenvalue weighted by atomic mass is 31.3. The highest BCUT2D eigenvalue weighted by Gasteiger charge is 2.51. The largest absolute Gasteiger partial charge is 0.481 e. The van der Waals surface area contributed by atoms with E-state index in [1.54, 1.807) is 0 Å². The number of hydrogen-bond acceptors (Lipinski definition) is 9. The lowest BCUT2D eigenvalue weighted by Crippen LogP contribution is -2.53. The van der Waals surface area contributed by atoms with Crippen molar-refractivity contribution in [3.63, 3.8) is 0 Å². The molecular formula is C7H17O12P3. The summed E-state index contributed by atoms with van der Waals surface area (Å²) in [6, 6.07) is 0. The first kappa shape index (κ1) is 20.4. The lowest BCUT2D eigenvalue weighted by Gasteiger charge is -2.41. The molecular weight excluding hydrogens is 369 g/mol. The second-order valence-electron chi connectivity index (χ2n) is 4.64. The topological polar surface area (TPSA) is 203 Å². The molecule has 0 spiro atoms. The standard InChI is InChI=1S/C7H17O12P3/c1-3-4(8)6(17-7(5(3)9)21(12,13)14)18-22(15,16)19-20(2,10)11/h3-11H,2H2,1H3,(H,15,16)(H2,12,13,14)/t3-,4+,5-,6+,7?/m0/s1. The van der Waals surface area contributed by atoms with Gasteiger partial charge in [-0.1, -0.05) is 6.92 Å². The Kier molecular flexibility index (Phi) is 6.21. The van der Waals surface area contributed by atoms with E-state index in [1.165, 1.54) is 6.92 Å². The first-order chi connectivity index (χ1) is 9.64. The van der Waals surface area contributed by atoms with Crippen molar-refractivity contribution in [2.24, 2.45) is 5.92 Å². The zero-order valence-electron chi connectivity index (χ0n) is 11.1. The molecule has 1 aliphatic rings. The molecule has 1 heterocycles. The summed E-state index contributed by atoms with van der Waals surface area (Å²) in [6.45, 7) is 1.19. The maximum atomic E-state index is 11.5. The second kappa shape index (κ2) is 6.70. The molecule has 1 rings (SSSR count). The van der Waals surface area contributed by atoms with E-state index in [0.717, 1.165) is 0 Å². The van der Waals surface area contributed by atoms with Gasteiger partial charge in [0.15, 0.2) is 12.1 Å². The average Bonchev–Trinajstić information content (AvgIpc) is 2.24. The molecule has 22 heavy (non-hydrogen) atoms. The van der Waals surface area contributed by atoms with Gasteiger partial charge in [-0.2, -0.15) is 0 Å². The minimum absolute atomic E-state index is 1.19. The van der Waals surface area contributed by atoms with E-state index in [9.17, 15) is 24.2 Å². The van der Waals surface area contributed by atoms with E-state index in [0.29, 0.717) is 0 Å². The number of aliphatic hydroxyl groups excluding tert-OH is 2. The van der Waals surface area contributed by atoms with Crippen LogP contribution in [0.2, 0.25) is 0 Å². The SMILES string of the molecule is C=P(O)(O)OP(=O)(O)O[C@H]1OC(P(=O)(O)O)[C@@H](O)[C@@H](C)[C@H]1O. The molecule has 0 aromatic heterocycles. The summed E-state index contributed by atoms with van der Waals surface area (Å²) in [5.41, 5.74) is 0. The highest BCUT2D eigenvalue weighted by Crippen LogP contribution is 2.59. The Morgan fingerprint density at radius 3 is 1.95 bits per heavy atom. The summed E-state index contributed by atoms with van der Waals surface area (Å²) >= 11 is 0. The van der Waals surface area contributed by atoms with Crippen molar-refractivity contribution in [2.45, 2.75) is 31.3 Å². The molecule has 0 amide bonds. The molecule has 12 nitrogen and oxygen atoms in total. The number of phosphoric ester groups is 1. The van der Waals surface area contributed by atoms with Gasteiger partial charge in [0.05, 0.1) is 6.10 Å². The van der Waals surface area contributed by atoms with Gasteiger partial charge in [-0.15, -0.1) is 0 Å². The Hall–Kier alpha value is 0.360. The molecule has 7 N–H and O–H groups in total. The Balaban J connectivity index is 2.96. The van der Waals surface area contributed by atoms with Crippen LogP contribution in [0.5, 0.6) is 0 Å². The van der Waals surface area contributed by atoms with Crippen molar-refractivity contribution < 1.29 is 57.4 Å². The van der Waals surface area contributed by atoms with Crippen LogP contribution in [-0.4, -0.2) is 65.3 Å². The third kappa shape index (κ3) is 5.47. The smallest absolute Gasteiger partial charge is 0.389 e. The van der Waals surface area contributed by atoms with E-state index in [4.69, 9.17) is 19.6 Å². The molecule has 1 saturated heterocycles. The minimum atomic E-state index is -5.18. The van der Waals surface area contributed by atoms with E-state index >= 15 is 0 Å². The summed E-state index contributed by atoms with van der Waals surface area (Å²) in [7, 11) is -14.6. The predicted molar refractivity (Wildman–Crippen MR) is 72.4 cm³/mol. The number of ether oxygens (including phenoxy) is 1. The van der Waals surface area contributed by atoms with Gasteiger partial charge >= 0.3 is 15.4 Å². The van der Waals surface area contributed by atoms with E-state index in [1.807, 2.05) is 0 Å². The van der Waals surface area contributed by atoms with E-state index in [-0.39, 0.29) is 0 Å². The quantitative estimate of drug-likeness (QED) is 0.270. The van der Waals surface area contributed by atoms with E-state index in [2.05, 4.69) is 19.9 Å². The van der Waals surface area contributed by atoms with Crippen LogP contribution < -0.4 is 0 Å². The van der Waals surface area contributed by atoms with Crippen molar-refractivity contribution in [2.75, 3.05) is 0 Å². The Bertz CT molecular complexity index is 537. The van der Waals surface area contributed by atoms with Gasteiger partial charge in [0.25, 0.3) is 7.57 Å². The summed E-state index contributed by atoms with van der Waals surface area (Å²) in [6.07, 6.45) is -2.93. The zero-order valence-corrected chi connectivity index (χ0v) is 13.8. The van der Waals surface area contributed by atoms with Crippen LogP contribution in [-0.2, 0) is 22.7 Å². The first-order valence-electron chi connectivity index (χ1n) is 5.62. The molecule has 1 aliphatic heterocycles. The van der Waals surface area contributed by atoms with Crippen LogP contribution in [0.3, 0.4) is 0 Å². The molecule has 0 aromatic carbocycles. The van der Waals surface area contributed by atoms with Crippen LogP contribution in [0.25, 0.3) is 0 Å². The Labute approximate surface area is 124 Å². The van der Waals surface area contributed by atoms with Gasteiger partial charge in [0, 0.05) is 5.92 Å². The zero-order chi connectivity index (χ0) is 17.5. The van der Waals surface area contributed by atoms with Crippen LogP contribution in [0.4, 0.5) is 0 Å². The number of aliphatic hydroxyl groups is 2. The fourth-order valence-corrected chi connectivity index (χ4v) is 4.55. The molecule has 0 aromatic rings. The van der Waals surface area contributed by atoms with Gasteiger partial charge in [-0.3, -0.25) is 9.09 Å². The second-order valence-corrected chi connectivity index (χ2v) is 9.46. The van der Waals surface area contributed by atoms with Crippen LogP contribution >= 0.6 is 23.0 Å². The predicted octanol–water partition coefficient (Wildman–Crippen LogP) is -1.48. The molecule has 132 valence electrons. The van der Waals surface area contributed by atoms with Crippen molar-refractivity contribution in [3.8, 4) is 0 Å². The van der Waals surface area contributed by atoms with Crippen molar-refractivity contribution in [1.82, 2.24) is 0 Å². The monoisotopic (exact) mass is 386 g/mol. The average molecular weight is 386 g/mol. The first-order valence-corrected chi connectivity index (χ1v) is 10.6. The van der Waals surface area contributed by atoms with Gasteiger partial charge in [0.2, 0.25) is 0 Å². The lowest BCUT2D eigenvalue weighted by atomic mass is 9.95. The third-order valence-corrected chi connectivity index (χ3v) is 6.16. The summed E-state index contributed by atoms with van der Waals surface area (Å²) in [4.78, 5) is 45.2. The summed E-state index contributed by atoms with van der Waals surface area (Å²) < 4.78 is 35.6. The van der Waals surface area contributed by atoms with Crippen LogP contribution in [0, 0.1) is 5.92 Å². The maximum absolute atomic E-state index is 11.5. The Morgan fingerprint density at radius 2 is 1.55 bits per heavy atom. The van der Waals surface area contributed by atoms with Gasteiger partial charge in [-0.25, -0.2) is 8.88 Å². The molecule has 1 fully saturated rings. The normalized spacial score (nSPS) is 36.8. The van der Waals surface area contributed by atoms with Crippen molar-refractivity contribution in [1.29, 1.82) is 0 Å². The van der Waals surface area contributed by atoms with Gasteiger partial charge in [-0.05, 0) is 6.30 Å². The van der Waals surface area contributed by atoms with Gasteiger partial charge < -0.3 is 39.4 Å². The highest BCUT2D eigenvalue weighted by molar-refractivity contribution is 7.66. The molecule has 15 heteroatoms. The molecule has 2 unspecified atom stereocenters. The molecule has 0 radical (unpaired) electrons. The van der Waals surface area contributed by atoms with Crippen molar-refractivity contribution in [3.05, 3.63) is 0 Å². The minimum Gasteiger partial charge on any atom is -0.389 e. The number of phosphoric acid groups is 1. The van der Waals surface area contributed by atoms with Crippen LogP contribution in [0.15, 0.2) is 0 Å². The lowest BCUT2D eigenvalue weighted by molar-refractivity contribution is -0.241. The van der Waals surface area contributed by atoms with E-state index < -0.39 is 53.2 Å². The number of rotatable bonds is 5. The number of hydrogen-bond donors (Lipinski definition) is 7. The fourth-order valence-electron chi connectivity index (χ4n) is 1.69.